The van der Waals surface area contributed by atoms with E-state index in [2.05, 4.69) is 64.5 Å². The van der Waals surface area contributed by atoms with Gasteiger partial charge in [-0.3, -0.25) is 29.2 Å². The largest absolute Gasteiger partial charge is 0.508 e. The Morgan fingerprint density at radius 2 is 1.89 bits per heavy atom. The monoisotopic (exact) mass is 961 g/mol. The molecule has 3 amide bonds. The molecule has 5 heterocycles. The van der Waals surface area contributed by atoms with Crippen molar-refractivity contribution in [3.63, 3.8) is 0 Å². The molecule has 2 saturated heterocycles. The lowest BCUT2D eigenvalue weighted by molar-refractivity contribution is -0.732. The second-order valence-electron chi connectivity index (χ2n) is 20.1. The number of pyridine rings is 1. The van der Waals surface area contributed by atoms with E-state index in [0.717, 1.165) is 56.8 Å². The maximum absolute atomic E-state index is 14.8. The van der Waals surface area contributed by atoms with Gasteiger partial charge in [-0.05, 0) is 110 Å². The van der Waals surface area contributed by atoms with Gasteiger partial charge >= 0.3 is 5.97 Å². The lowest BCUT2D eigenvalue weighted by Gasteiger charge is -2.36. The zero-order valence-corrected chi connectivity index (χ0v) is 42.1. The summed E-state index contributed by atoms with van der Waals surface area (Å²) in [7, 11) is 5.24. The van der Waals surface area contributed by atoms with Gasteiger partial charge in [0, 0.05) is 68.2 Å². The summed E-state index contributed by atoms with van der Waals surface area (Å²) in [5, 5.41) is 21.2. The Kier molecular flexibility index (Phi) is 16.3. The molecule has 7 rings (SSSR count). The molecule has 4 aromatic rings. The molecule has 0 spiro atoms. The van der Waals surface area contributed by atoms with Gasteiger partial charge in [0.1, 0.15) is 22.7 Å². The van der Waals surface area contributed by atoms with E-state index >= 15 is 0 Å². The predicted octanol–water partition coefficient (Wildman–Crippen LogP) is 5.22. The highest BCUT2D eigenvalue weighted by Crippen LogP contribution is 2.41. The van der Waals surface area contributed by atoms with E-state index in [1.807, 2.05) is 52.9 Å². The number of hydrogen-bond acceptors (Lipinski definition) is 11. The lowest BCUT2D eigenvalue weighted by Crippen LogP contribution is -2.62. The van der Waals surface area contributed by atoms with Crippen LogP contribution in [-0.2, 0) is 48.5 Å². The minimum atomic E-state index is -1.18. The first-order valence-corrected chi connectivity index (χ1v) is 24.6. The van der Waals surface area contributed by atoms with Crippen molar-refractivity contribution in [2.45, 2.75) is 110 Å². The number of likely N-dealkylation sites (N-methyl/N-ethyl adjacent to an activating group) is 1. The molecule has 17 nitrogen and oxygen atoms in total. The van der Waals surface area contributed by atoms with Gasteiger partial charge in [0.25, 0.3) is 17.9 Å². The van der Waals surface area contributed by atoms with Gasteiger partial charge < -0.3 is 34.7 Å². The summed E-state index contributed by atoms with van der Waals surface area (Å²) in [6.07, 6.45) is 4.25. The molecule has 5 atom stereocenters. The third kappa shape index (κ3) is 11.5. The number of hydrogen-bond donors (Lipinski definition) is 4. The molecule has 2 aromatic carbocycles. The number of fused-ring (bicyclic) bond motifs is 6. The molecule has 1 unspecified atom stereocenters. The molecular weight excluding hydrogens is 891 g/mol. The van der Waals surface area contributed by atoms with E-state index in [9.17, 15) is 29.2 Å². The minimum Gasteiger partial charge on any atom is -0.508 e. The maximum atomic E-state index is 14.8. The van der Waals surface area contributed by atoms with Crippen LogP contribution < -0.4 is 16.1 Å². The Morgan fingerprint density at radius 3 is 2.63 bits per heavy atom. The summed E-state index contributed by atoms with van der Waals surface area (Å²) in [6, 6.07) is 11.7. The number of rotatable bonds is 12. The molecule has 17 heteroatoms. The number of carbonyl (C=O) groups is 4. The average Bonchev–Trinajstić information content (AvgIpc) is 3.94. The van der Waals surface area contributed by atoms with Crippen LogP contribution in [-0.4, -0.2) is 136 Å². The third-order valence-corrected chi connectivity index (χ3v) is 13.7. The molecule has 2 fully saturated rings. The van der Waals surface area contributed by atoms with Gasteiger partial charge in [-0.1, -0.05) is 52.7 Å². The first-order valence-electron chi connectivity index (χ1n) is 24.6. The van der Waals surface area contributed by atoms with Crippen molar-refractivity contribution >= 4 is 34.6 Å². The van der Waals surface area contributed by atoms with Crippen LogP contribution in [0, 0.1) is 28.1 Å². The van der Waals surface area contributed by atoms with E-state index < -0.39 is 47.4 Å². The van der Waals surface area contributed by atoms with Crippen LogP contribution in [0.2, 0.25) is 0 Å². The van der Waals surface area contributed by atoms with Gasteiger partial charge in [0.05, 0.1) is 49.1 Å². The van der Waals surface area contributed by atoms with Crippen molar-refractivity contribution in [1.82, 2.24) is 40.5 Å². The van der Waals surface area contributed by atoms with Crippen molar-refractivity contribution in [1.29, 1.82) is 0 Å². The van der Waals surface area contributed by atoms with Crippen LogP contribution in [0.5, 0.6) is 5.75 Å². The molecule has 0 aliphatic carbocycles. The lowest BCUT2D eigenvalue weighted by atomic mass is 9.84. The van der Waals surface area contributed by atoms with Crippen LogP contribution in [0.4, 0.5) is 0 Å². The van der Waals surface area contributed by atoms with Gasteiger partial charge in [-0.2, -0.15) is 0 Å². The maximum Gasteiger partial charge on any atom is 0.324 e. The number of hydrazine groups is 2. The van der Waals surface area contributed by atoms with Gasteiger partial charge in [-0.15, -0.1) is 5.01 Å². The molecule has 70 heavy (non-hydrogen) atoms. The first kappa shape index (κ1) is 51.5. The Bertz CT molecular complexity index is 2670. The molecule has 4 N–H and O–H groups in total. The number of aromatic hydroxyl groups is 1. The number of methoxy groups -OCH3 is 1. The zero-order chi connectivity index (χ0) is 50.4. The summed E-state index contributed by atoms with van der Waals surface area (Å²) in [6.45, 7) is 13.8. The van der Waals surface area contributed by atoms with Gasteiger partial charge in [0.15, 0.2) is 6.04 Å². The van der Waals surface area contributed by atoms with Crippen LogP contribution in [0.15, 0.2) is 54.7 Å². The average molecular weight is 961 g/mol. The topological polar surface area (TPSA) is 191 Å². The third-order valence-electron chi connectivity index (χ3n) is 13.7. The zero-order valence-electron chi connectivity index (χ0n) is 42.1. The fraction of sp³-hybridized carbons (Fsp3) is 0.528. The highest BCUT2D eigenvalue weighted by atomic mass is 16.5. The van der Waals surface area contributed by atoms with E-state index in [1.165, 1.54) is 10.0 Å². The minimum absolute atomic E-state index is 0.0212. The van der Waals surface area contributed by atoms with Crippen LogP contribution >= 0.6 is 0 Å². The van der Waals surface area contributed by atoms with Crippen molar-refractivity contribution < 1.29 is 38.6 Å². The summed E-state index contributed by atoms with van der Waals surface area (Å²) in [5.74, 6) is 3.22. The summed E-state index contributed by atoms with van der Waals surface area (Å²) in [5.41, 5.74) is 9.35. The summed E-state index contributed by atoms with van der Waals surface area (Å²) >= 11 is 0. The number of benzene rings is 2. The van der Waals surface area contributed by atoms with Crippen LogP contribution in [0.25, 0.3) is 33.3 Å². The van der Waals surface area contributed by atoms with Crippen LogP contribution in [0.1, 0.15) is 90.2 Å². The number of aromatic nitrogens is 2. The number of carbonyl (C=O) groups excluding carboxylic acids is 4. The number of nitrogens with one attached hydrogen (secondary N) is 3. The Morgan fingerprint density at radius 1 is 1.10 bits per heavy atom. The van der Waals surface area contributed by atoms with Crippen molar-refractivity contribution in [3.05, 3.63) is 76.5 Å². The number of cyclic esters (lactones) is 1. The second kappa shape index (κ2) is 22.2. The standard InChI is InChI=1S/C53H69N9O8/c1-10-20-54-21-12-16-46(64)60-24-19-38(31-60)62(68)59(8)48(33(2)3)50(65)56-44-27-35-25-37(28-39(63)26-35)36-17-18-45-41(29-36)42(49(58(45)7)40-14-11-22-55-47(40)34(4)69-9)30-53(5,6)32-70-52(67)43-15-13-23-61(57-43)51(44)66/h11,14,17-18,22,25-26,28-29,33-34,38,43-44,48,54,57H,10,13,15,19-21,23-24,27,30-32H2,1-9H3,(H-,56,63,65)/p+1/t34-,38-,43-,44?,48-/m0/s1. The SMILES string of the molecule is CCCNCC#CC(=O)N1CC[C@H]([N+](=O)N(C)[C@H](C(=O)NC2Cc3cc(O)cc(c3)-c3ccc4c(c3)c(c(-c3cccnc3[C@H](C)OC)n4C)CC(C)(C)COC(=O)[C@@H]3CCCN(N3)C2=O)C(C)C)C1. The van der Waals surface area contributed by atoms with Crippen LogP contribution in [0.3, 0.4) is 0 Å². The van der Waals surface area contributed by atoms with Crippen molar-refractivity contribution in [3.8, 4) is 40.0 Å². The number of amides is 3. The number of ether oxygens (including phenoxy) is 2. The molecular formula is C53H70N9O8+. The van der Waals surface area contributed by atoms with E-state index in [1.54, 1.807) is 37.4 Å². The Balaban J connectivity index is 1.23. The summed E-state index contributed by atoms with van der Waals surface area (Å²) in [4.78, 5) is 77.3. The Labute approximate surface area is 411 Å². The fourth-order valence-electron chi connectivity index (χ4n) is 10.0. The number of phenolic OH excluding ortho intramolecular Hbond substituents is 1. The van der Waals surface area contributed by atoms with E-state index in [0.29, 0.717) is 49.9 Å². The first-order chi connectivity index (χ1) is 33.4. The number of likely N-dealkylation sites (tertiary alicyclic amines) is 1. The number of esters is 1. The van der Waals surface area contributed by atoms with E-state index in [-0.39, 0.29) is 49.8 Å². The highest BCUT2D eigenvalue weighted by molar-refractivity contribution is 5.96. The van der Waals surface area contributed by atoms with Gasteiger partial charge in [0.2, 0.25) is 5.91 Å². The van der Waals surface area contributed by atoms with Crippen molar-refractivity contribution in [2.24, 2.45) is 18.4 Å². The van der Waals surface area contributed by atoms with E-state index in [4.69, 9.17) is 14.5 Å². The predicted molar refractivity (Wildman–Crippen MR) is 267 cm³/mol. The normalized spacial score (nSPS) is 20.3. The highest BCUT2D eigenvalue weighted by Gasteiger charge is 2.45. The van der Waals surface area contributed by atoms with Crippen molar-refractivity contribution in [2.75, 3.05) is 53.5 Å². The molecule has 0 radical (unpaired) electrons. The summed E-state index contributed by atoms with van der Waals surface area (Å²) < 4.78 is 14.0. The smallest absolute Gasteiger partial charge is 0.324 e. The number of nitrogens with zero attached hydrogens (tertiary/aromatic N) is 6. The number of nitroso groups, excluding NO2 is 1. The molecule has 2 aromatic heterocycles. The van der Waals surface area contributed by atoms with Gasteiger partial charge in [-0.25, -0.2) is 5.43 Å². The molecule has 3 aliphatic heterocycles. The number of phenols is 1. The second-order valence-corrected chi connectivity index (χ2v) is 20.1. The number of aryl methyl sites for hydroxylation is 1. The molecule has 0 saturated carbocycles. The molecule has 6 bridgehead atoms. The fourth-order valence-corrected chi connectivity index (χ4v) is 10.0. The quantitative estimate of drug-likeness (QED) is 0.0477. The molecule has 3 aliphatic rings. The Hall–Kier alpha value is -6.35. The molecule has 374 valence electrons.